The van der Waals surface area contributed by atoms with E-state index in [0.29, 0.717) is 12.2 Å². The molecule has 0 aromatic rings. The van der Waals surface area contributed by atoms with E-state index in [1.807, 2.05) is 12.2 Å². The van der Waals surface area contributed by atoms with Crippen molar-refractivity contribution >= 4 is 52.3 Å². The Labute approximate surface area is 171 Å². The number of carbonyl (C=O) groups excluding carboxylic acids is 5. The van der Waals surface area contributed by atoms with Crippen LogP contribution in [0.4, 0.5) is 0 Å². The number of hydrogen-bond donors (Lipinski definition) is 4. The van der Waals surface area contributed by atoms with Crippen LogP contribution < -0.4 is 21.3 Å². The van der Waals surface area contributed by atoms with Gasteiger partial charge in [-0.15, -0.1) is 0 Å². The van der Waals surface area contributed by atoms with Gasteiger partial charge in [0.2, 0.25) is 28.7 Å². The number of amides is 4. The van der Waals surface area contributed by atoms with Crippen LogP contribution in [-0.4, -0.2) is 71.2 Å². The molecule has 2 unspecified atom stereocenters. The highest BCUT2D eigenvalue weighted by Gasteiger charge is 2.23. The molecule has 2 heterocycles. The molecule has 0 radical (unpaired) electrons. The molecule has 28 heavy (non-hydrogen) atoms. The summed E-state index contributed by atoms with van der Waals surface area (Å²) >= 11 is 2.61. The Balaban J connectivity index is 2.23. The number of hydrogen-bond acceptors (Lipinski definition) is 7. The summed E-state index contributed by atoms with van der Waals surface area (Å²) < 4.78 is 0. The van der Waals surface area contributed by atoms with Crippen LogP contribution in [0, 0.1) is 0 Å². The summed E-state index contributed by atoms with van der Waals surface area (Å²) in [5.41, 5.74) is 0. The van der Waals surface area contributed by atoms with E-state index in [1.165, 1.54) is 0 Å². The molecule has 0 saturated carbocycles. The van der Waals surface area contributed by atoms with Gasteiger partial charge in [-0.05, 0) is 24.3 Å². The van der Waals surface area contributed by atoms with Gasteiger partial charge in [0.25, 0.3) is 0 Å². The Morgan fingerprint density at radius 3 is 2.43 bits per heavy atom. The SMILES string of the molecule is O=C1CNC(=O)C2CCSCCC=CC(CC(=O)NCC(=O)N2)SC(=O)CN1. The lowest BCUT2D eigenvalue weighted by Gasteiger charge is -2.19. The smallest absolute Gasteiger partial charge is 0.243 e. The van der Waals surface area contributed by atoms with Gasteiger partial charge in [0, 0.05) is 11.7 Å². The van der Waals surface area contributed by atoms with Crippen LogP contribution in [0.3, 0.4) is 0 Å². The zero-order valence-electron chi connectivity index (χ0n) is 15.3. The third-order valence-electron chi connectivity index (χ3n) is 3.95. The molecule has 0 aromatic heterocycles. The molecule has 2 aliphatic heterocycles. The van der Waals surface area contributed by atoms with Gasteiger partial charge in [-0.1, -0.05) is 23.9 Å². The average molecular weight is 429 g/mol. The molecule has 2 rings (SSSR count). The summed E-state index contributed by atoms with van der Waals surface area (Å²) in [6, 6.07) is -0.803. The number of fused-ring (bicyclic) bond motifs is 7. The van der Waals surface area contributed by atoms with E-state index in [9.17, 15) is 24.0 Å². The van der Waals surface area contributed by atoms with Crippen molar-refractivity contribution in [2.24, 2.45) is 0 Å². The maximum Gasteiger partial charge on any atom is 0.243 e. The van der Waals surface area contributed by atoms with Crippen molar-refractivity contribution in [1.82, 2.24) is 21.3 Å². The Kier molecular flexibility index (Phi) is 9.35. The predicted molar refractivity (Wildman–Crippen MR) is 108 cm³/mol. The fourth-order valence-electron chi connectivity index (χ4n) is 2.53. The number of nitrogens with one attached hydrogen (secondary N) is 4. The predicted octanol–water partition coefficient (Wildman–Crippen LogP) is -1.06. The third kappa shape index (κ3) is 8.34. The maximum absolute atomic E-state index is 12.4. The molecule has 1 fully saturated rings. The standard InChI is InChI=1S/C17H24N4O5S2/c22-13-7-11-3-1-2-5-27-6-4-12(21-15(24)9-18-13)17(26)20-8-14(23)19-10-16(25)28-11/h1,3,11-12H,2,4-10H2,(H,18,22)(H,19,23)(H,20,26)(H,21,24). The largest absolute Gasteiger partial charge is 0.347 e. The zero-order chi connectivity index (χ0) is 20.4. The van der Waals surface area contributed by atoms with Crippen LogP contribution in [0.15, 0.2) is 12.2 Å². The lowest BCUT2D eigenvalue weighted by Crippen LogP contribution is -2.51. The van der Waals surface area contributed by atoms with Gasteiger partial charge >= 0.3 is 0 Å². The molecule has 0 aromatic carbocycles. The van der Waals surface area contributed by atoms with Gasteiger partial charge < -0.3 is 21.3 Å². The number of rotatable bonds is 0. The van der Waals surface area contributed by atoms with Crippen molar-refractivity contribution in [2.75, 3.05) is 31.1 Å². The van der Waals surface area contributed by atoms with Crippen molar-refractivity contribution < 1.29 is 24.0 Å². The Morgan fingerprint density at radius 1 is 0.857 bits per heavy atom. The van der Waals surface area contributed by atoms with Crippen LogP contribution in [0.1, 0.15) is 19.3 Å². The number of allylic oxidation sites excluding steroid dienone is 1. The van der Waals surface area contributed by atoms with Crippen LogP contribution in [0.25, 0.3) is 0 Å². The lowest BCUT2D eigenvalue weighted by molar-refractivity contribution is -0.131. The number of carbonyl (C=O) groups is 5. The molecule has 0 aliphatic carbocycles. The highest BCUT2D eigenvalue weighted by atomic mass is 32.2. The average Bonchev–Trinajstić information content (AvgIpc) is 2.66. The van der Waals surface area contributed by atoms with Gasteiger partial charge in [0.15, 0.2) is 0 Å². The minimum Gasteiger partial charge on any atom is -0.347 e. The van der Waals surface area contributed by atoms with Gasteiger partial charge in [-0.25, -0.2) is 0 Å². The molecule has 9 nitrogen and oxygen atoms in total. The highest BCUT2D eigenvalue weighted by Crippen LogP contribution is 2.18. The second kappa shape index (κ2) is 11.7. The van der Waals surface area contributed by atoms with Crippen molar-refractivity contribution in [3.05, 3.63) is 12.2 Å². The zero-order valence-corrected chi connectivity index (χ0v) is 17.0. The van der Waals surface area contributed by atoms with Crippen LogP contribution in [0.2, 0.25) is 0 Å². The van der Waals surface area contributed by atoms with Gasteiger partial charge in [0.05, 0.1) is 19.6 Å². The lowest BCUT2D eigenvalue weighted by atomic mass is 10.2. The summed E-state index contributed by atoms with van der Waals surface area (Å²) in [6.45, 7) is -0.733. The molecule has 11 heteroatoms. The van der Waals surface area contributed by atoms with Crippen LogP contribution in [-0.2, 0) is 24.0 Å². The summed E-state index contributed by atoms with van der Waals surface area (Å²) in [6.07, 6.45) is 4.94. The molecule has 2 aliphatic rings. The second-order valence-corrected chi connectivity index (χ2v) is 8.76. The fraction of sp³-hybridized carbons (Fsp3) is 0.588. The Morgan fingerprint density at radius 2 is 1.61 bits per heavy atom. The molecule has 0 spiro atoms. The Hall–Kier alpha value is -2.01. The molecule has 4 amide bonds. The van der Waals surface area contributed by atoms with E-state index in [1.54, 1.807) is 11.8 Å². The molecular weight excluding hydrogens is 404 g/mol. The summed E-state index contributed by atoms with van der Waals surface area (Å²) in [5.74, 6) is -0.361. The minimum atomic E-state index is -0.803. The van der Waals surface area contributed by atoms with Gasteiger partial charge in [0.1, 0.15) is 6.04 Å². The molecular formula is C17H24N4O5S2. The summed E-state index contributed by atoms with van der Waals surface area (Å²) in [5, 5.41) is 9.38. The van der Waals surface area contributed by atoms with Crippen molar-refractivity contribution in [1.29, 1.82) is 0 Å². The van der Waals surface area contributed by atoms with Crippen molar-refractivity contribution in [2.45, 2.75) is 30.6 Å². The quantitative estimate of drug-likeness (QED) is 0.361. The first kappa shape index (κ1) is 22.3. The fourth-order valence-corrected chi connectivity index (χ4v) is 4.36. The van der Waals surface area contributed by atoms with Crippen LogP contribution >= 0.6 is 23.5 Å². The first-order chi connectivity index (χ1) is 13.4. The van der Waals surface area contributed by atoms with Gasteiger partial charge in [-0.3, -0.25) is 24.0 Å². The monoisotopic (exact) mass is 428 g/mol. The third-order valence-corrected chi connectivity index (χ3v) is 6.03. The molecule has 4 N–H and O–H groups in total. The van der Waals surface area contributed by atoms with Crippen molar-refractivity contribution in [3.8, 4) is 0 Å². The van der Waals surface area contributed by atoms with E-state index in [0.717, 1.165) is 23.9 Å². The first-order valence-corrected chi connectivity index (χ1v) is 11.0. The summed E-state index contributed by atoms with van der Waals surface area (Å²) in [4.78, 5) is 60.6. The highest BCUT2D eigenvalue weighted by molar-refractivity contribution is 8.14. The van der Waals surface area contributed by atoms with E-state index in [4.69, 9.17) is 0 Å². The number of thioether (sulfide) groups is 2. The molecule has 2 atom stereocenters. The molecule has 2 bridgehead atoms. The van der Waals surface area contributed by atoms with E-state index in [-0.39, 0.29) is 42.3 Å². The van der Waals surface area contributed by atoms with Crippen LogP contribution in [0.5, 0.6) is 0 Å². The first-order valence-electron chi connectivity index (χ1n) is 8.98. The maximum atomic E-state index is 12.4. The molecule has 1 saturated heterocycles. The second-order valence-electron chi connectivity index (χ2n) is 6.24. The van der Waals surface area contributed by atoms with E-state index >= 15 is 0 Å². The minimum absolute atomic E-state index is 0.0329. The van der Waals surface area contributed by atoms with E-state index < -0.39 is 23.8 Å². The van der Waals surface area contributed by atoms with E-state index in [2.05, 4.69) is 21.3 Å². The van der Waals surface area contributed by atoms with Crippen molar-refractivity contribution in [3.63, 3.8) is 0 Å². The van der Waals surface area contributed by atoms with Gasteiger partial charge in [-0.2, -0.15) is 11.8 Å². The Bertz CT molecular complexity index is 655. The summed E-state index contributed by atoms with van der Waals surface area (Å²) in [7, 11) is 0. The molecule has 154 valence electrons. The topological polar surface area (TPSA) is 133 Å². The normalized spacial score (nSPS) is 26.5.